The molecule has 1 aliphatic rings. The Morgan fingerprint density at radius 1 is 1.15 bits per heavy atom. The molecule has 1 heterocycles. The molecule has 2 aromatic rings. The third-order valence-corrected chi connectivity index (χ3v) is 5.15. The molecule has 0 fully saturated rings. The lowest BCUT2D eigenvalue weighted by atomic mass is 9.79. The molecule has 130 valence electrons. The Morgan fingerprint density at radius 2 is 1.85 bits per heavy atom. The van der Waals surface area contributed by atoms with Crippen molar-refractivity contribution >= 4 is 11.8 Å². The van der Waals surface area contributed by atoms with Crippen LogP contribution in [0.3, 0.4) is 0 Å². The molecule has 0 radical (unpaired) electrons. The molecule has 1 unspecified atom stereocenters. The number of nitrogens with zero attached hydrogens (tertiary/aromatic N) is 3. The normalized spacial score (nSPS) is 17.6. The summed E-state index contributed by atoms with van der Waals surface area (Å²) in [7, 11) is 0. The average molecular weight is 341 g/mol. The Morgan fingerprint density at radius 3 is 2.50 bits per heavy atom. The second-order valence-corrected chi connectivity index (χ2v) is 7.59. The molecule has 0 N–H and O–H groups in total. The van der Waals surface area contributed by atoms with E-state index in [2.05, 4.69) is 62.1 Å². The molecule has 1 aliphatic heterocycles. The highest BCUT2D eigenvalue weighted by Gasteiger charge is 2.36. The van der Waals surface area contributed by atoms with Crippen LogP contribution in [0.4, 0.5) is 5.69 Å². The van der Waals surface area contributed by atoms with Crippen molar-refractivity contribution in [3.63, 3.8) is 0 Å². The van der Waals surface area contributed by atoms with Crippen molar-refractivity contribution in [3.8, 4) is 12.1 Å². The van der Waals surface area contributed by atoms with Crippen molar-refractivity contribution in [2.75, 3.05) is 4.90 Å². The van der Waals surface area contributed by atoms with Gasteiger partial charge in [0.25, 0.3) is 0 Å². The summed E-state index contributed by atoms with van der Waals surface area (Å²) in [5, 5.41) is 18.0. The van der Waals surface area contributed by atoms with Gasteiger partial charge >= 0.3 is 0 Å². The highest BCUT2D eigenvalue weighted by atomic mass is 15.2. The Bertz CT molecular complexity index is 895. The number of benzene rings is 2. The van der Waals surface area contributed by atoms with Crippen molar-refractivity contribution in [1.82, 2.24) is 0 Å². The fourth-order valence-electron chi connectivity index (χ4n) is 3.92. The van der Waals surface area contributed by atoms with Gasteiger partial charge in [-0.3, -0.25) is 0 Å². The number of anilines is 1. The van der Waals surface area contributed by atoms with Crippen LogP contribution in [0.15, 0.2) is 54.1 Å². The zero-order valence-corrected chi connectivity index (χ0v) is 15.5. The smallest absolute Gasteiger partial charge is 0.130 e. The number of hydrogen-bond donors (Lipinski definition) is 0. The van der Waals surface area contributed by atoms with Crippen LogP contribution in [-0.4, -0.2) is 5.54 Å². The van der Waals surface area contributed by atoms with Crippen LogP contribution in [0.2, 0.25) is 0 Å². The fourth-order valence-corrected chi connectivity index (χ4v) is 3.92. The first-order valence-corrected chi connectivity index (χ1v) is 8.92. The molecule has 0 saturated carbocycles. The van der Waals surface area contributed by atoms with Gasteiger partial charge in [0.15, 0.2) is 0 Å². The predicted octanol–water partition coefficient (Wildman–Crippen LogP) is 5.41. The summed E-state index contributed by atoms with van der Waals surface area (Å²) in [6, 6.07) is 20.7. The van der Waals surface area contributed by atoms with Crippen LogP contribution in [0.5, 0.6) is 0 Å². The van der Waals surface area contributed by atoms with E-state index in [0.717, 1.165) is 18.5 Å². The van der Waals surface area contributed by atoms with E-state index in [1.807, 2.05) is 24.3 Å². The molecule has 3 nitrogen and oxygen atoms in total. The molecule has 26 heavy (non-hydrogen) atoms. The summed E-state index contributed by atoms with van der Waals surface area (Å²) in [5.41, 5.74) is 4.92. The van der Waals surface area contributed by atoms with E-state index >= 15 is 0 Å². The van der Waals surface area contributed by atoms with Gasteiger partial charge < -0.3 is 4.90 Å². The molecule has 0 spiro atoms. The zero-order chi connectivity index (χ0) is 18.7. The van der Waals surface area contributed by atoms with Crippen LogP contribution >= 0.6 is 0 Å². The fraction of sp³-hybridized carbons (Fsp3) is 0.304. The maximum Gasteiger partial charge on any atom is 0.130 e. The highest BCUT2D eigenvalue weighted by Crippen LogP contribution is 2.44. The lowest BCUT2D eigenvalue weighted by molar-refractivity contribution is 0.374. The van der Waals surface area contributed by atoms with Gasteiger partial charge in [-0.15, -0.1) is 0 Å². The van der Waals surface area contributed by atoms with Gasteiger partial charge in [0.05, 0.1) is 0 Å². The molecule has 0 saturated heterocycles. The SMILES string of the molecule is CC1CC(C)(C)N(Cc2ccccc2)c2ccc(C=C(C#N)C#N)cc21. The molecule has 0 aliphatic carbocycles. The van der Waals surface area contributed by atoms with E-state index < -0.39 is 0 Å². The summed E-state index contributed by atoms with van der Waals surface area (Å²) in [5.74, 6) is 0.424. The molecule has 2 aromatic carbocycles. The molecule has 0 aromatic heterocycles. The van der Waals surface area contributed by atoms with E-state index in [-0.39, 0.29) is 11.1 Å². The Kier molecular flexibility index (Phi) is 4.83. The second kappa shape index (κ2) is 7.06. The van der Waals surface area contributed by atoms with Gasteiger partial charge in [0.2, 0.25) is 0 Å². The van der Waals surface area contributed by atoms with Gasteiger partial charge in [-0.25, -0.2) is 0 Å². The van der Waals surface area contributed by atoms with Crippen LogP contribution < -0.4 is 4.90 Å². The first kappa shape index (κ1) is 17.8. The summed E-state index contributed by atoms with van der Waals surface area (Å²) in [4.78, 5) is 2.47. The van der Waals surface area contributed by atoms with Crippen molar-refractivity contribution in [1.29, 1.82) is 10.5 Å². The van der Waals surface area contributed by atoms with Crippen LogP contribution in [0.1, 0.15) is 49.8 Å². The standard InChI is InChI=1S/C23H23N3/c1-17-13-23(2,3)26(16-18-7-5-4-6-8-18)22-10-9-19(12-21(17)22)11-20(14-24)15-25/h4-12,17H,13,16H2,1-3H3. The minimum atomic E-state index is 0.0596. The van der Waals surface area contributed by atoms with Crippen molar-refractivity contribution in [2.24, 2.45) is 0 Å². The van der Waals surface area contributed by atoms with Crippen molar-refractivity contribution in [2.45, 2.75) is 45.2 Å². The Labute approximate surface area is 155 Å². The lowest BCUT2D eigenvalue weighted by Crippen LogP contribution is -2.47. The minimum Gasteiger partial charge on any atom is -0.362 e. The van der Waals surface area contributed by atoms with E-state index in [1.54, 1.807) is 6.08 Å². The number of nitriles is 2. The van der Waals surface area contributed by atoms with E-state index in [0.29, 0.717) is 5.92 Å². The first-order valence-electron chi connectivity index (χ1n) is 8.92. The number of rotatable bonds is 3. The maximum atomic E-state index is 9.00. The van der Waals surface area contributed by atoms with E-state index in [4.69, 9.17) is 10.5 Å². The monoisotopic (exact) mass is 341 g/mol. The summed E-state index contributed by atoms with van der Waals surface area (Å²) < 4.78 is 0. The van der Waals surface area contributed by atoms with Crippen molar-refractivity contribution < 1.29 is 0 Å². The van der Waals surface area contributed by atoms with Gasteiger partial charge in [0, 0.05) is 17.8 Å². The number of hydrogen-bond acceptors (Lipinski definition) is 3. The minimum absolute atomic E-state index is 0.0596. The first-order chi connectivity index (χ1) is 12.4. The number of fused-ring (bicyclic) bond motifs is 1. The van der Waals surface area contributed by atoms with Crippen LogP contribution in [0, 0.1) is 22.7 Å². The molecule has 0 bridgehead atoms. The van der Waals surface area contributed by atoms with Gasteiger partial charge in [-0.1, -0.05) is 43.3 Å². The molecular formula is C23H23N3. The highest BCUT2D eigenvalue weighted by molar-refractivity contribution is 5.68. The quantitative estimate of drug-likeness (QED) is 0.701. The van der Waals surface area contributed by atoms with Gasteiger partial charge in [0.1, 0.15) is 17.7 Å². The van der Waals surface area contributed by atoms with Crippen LogP contribution in [0.25, 0.3) is 6.08 Å². The molecule has 1 atom stereocenters. The van der Waals surface area contributed by atoms with E-state index in [1.165, 1.54) is 16.8 Å². The summed E-state index contributed by atoms with van der Waals surface area (Å²) in [6.45, 7) is 7.72. The lowest BCUT2D eigenvalue weighted by Gasteiger charge is -2.47. The zero-order valence-electron chi connectivity index (χ0n) is 15.5. The van der Waals surface area contributed by atoms with Crippen LogP contribution in [-0.2, 0) is 6.54 Å². The van der Waals surface area contributed by atoms with Gasteiger partial charge in [-0.2, -0.15) is 10.5 Å². The second-order valence-electron chi connectivity index (χ2n) is 7.59. The molecule has 0 amide bonds. The third-order valence-electron chi connectivity index (χ3n) is 5.15. The molecular weight excluding hydrogens is 318 g/mol. The largest absolute Gasteiger partial charge is 0.362 e. The van der Waals surface area contributed by atoms with Crippen molar-refractivity contribution in [3.05, 3.63) is 70.8 Å². The molecule has 3 heteroatoms. The molecule has 3 rings (SSSR count). The summed E-state index contributed by atoms with van der Waals surface area (Å²) >= 11 is 0. The average Bonchev–Trinajstić information content (AvgIpc) is 2.63. The van der Waals surface area contributed by atoms with E-state index in [9.17, 15) is 0 Å². The third kappa shape index (κ3) is 3.48. The van der Waals surface area contributed by atoms with Gasteiger partial charge in [-0.05, 0) is 61.1 Å². The Balaban J connectivity index is 2.03. The summed E-state index contributed by atoms with van der Waals surface area (Å²) in [6.07, 6.45) is 2.72. The topological polar surface area (TPSA) is 50.8 Å². The maximum absolute atomic E-state index is 9.00. The predicted molar refractivity (Wildman–Crippen MR) is 105 cm³/mol. The number of allylic oxidation sites excluding steroid dienone is 1. The Hall–Kier alpha value is -3.04.